The molecule has 0 aliphatic carbocycles. The minimum Gasteiger partial charge on any atom is -0.378 e. The van der Waals surface area contributed by atoms with Gasteiger partial charge in [0.05, 0.1) is 12.1 Å². The molecule has 33 heavy (non-hydrogen) atoms. The summed E-state index contributed by atoms with van der Waals surface area (Å²) in [6.45, 7) is 1.36. The molecule has 0 unspecified atom stereocenters. The van der Waals surface area contributed by atoms with Gasteiger partial charge >= 0.3 is 0 Å². The first-order valence-electron chi connectivity index (χ1n) is 10.7. The van der Waals surface area contributed by atoms with Crippen molar-refractivity contribution in [3.05, 3.63) is 71.3 Å². The first-order valence-corrected chi connectivity index (χ1v) is 10.7. The van der Waals surface area contributed by atoms with E-state index in [0.29, 0.717) is 23.8 Å². The first kappa shape index (κ1) is 24.5. The van der Waals surface area contributed by atoms with Gasteiger partial charge in [0.1, 0.15) is 17.7 Å². The van der Waals surface area contributed by atoms with E-state index >= 15 is 0 Å². The average molecular weight is 459 g/mol. The Morgan fingerprint density at radius 1 is 1.09 bits per heavy atom. The number of halogens is 2. The van der Waals surface area contributed by atoms with Crippen LogP contribution in [0.5, 0.6) is 0 Å². The number of amides is 3. The Morgan fingerprint density at radius 3 is 2.27 bits per heavy atom. The summed E-state index contributed by atoms with van der Waals surface area (Å²) in [5.74, 6) is -4.48. The molecule has 1 aliphatic heterocycles. The van der Waals surface area contributed by atoms with E-state index in [1.165, 1.54) is 11.8 Å². The van der Waals surface area contributed by atoms with Crippen LogP contribution in [0.4, 0.5) is 8.78 Å². The Morgan fingerprint density at radius 2 is 1.70 bits per heavy atom. The minimum atomic E-state index is -2.05. The van der Waals surface area contributed by atoms with Crippen molar-refractivity contribution in [3.63, 3.8) is 0 Å². The quantitative estimate of drug-likeness (QED) is 0.715. The van der Waals surface area contributed by atoms with E-state index in [9.17, 15) is 28.3 Å². The van der Waals surface area contributed by atoms with E-state index in [4.69, 9.17) is 5.73 Å². The highest BCUT2D eigenvalue weighted by Crippen LogP contribution is 2.32. The molecule has 176 valence electrons. The number of aliphatic hydroxyl groups is 1. The SMILES string of the molecule is C[C@H](N)C(=O)N(C(=O)[C@@H](O)c1cc(F)cc(F)c1)[C@H]1CCC[C@@H](c2ccccc2)N(C)C1=O. The molecule has 1 saturated heterocycles. The second-order valence-corrected chi connectivity index (χ2v) is 8.26. The monoisotopic (exact) mass is 459 g/mol. The van der Waals surface area contributed by atoms with Gasteiger partial charge in [-0.25, -0.2) is 8.78 Å². The fraction of sp³-hybridized carbons (Fsp3) is 0.375. The van der Waals surface area contributed by atoms with Crippen LogP contribution in [0.15, 0.2) is 48.5 Å². The van der Waals surface area contributed by atoms with Crippen molar-refractivity contribution in [1.82, 2.24) is 9.80 Å². The number of carbonyl (C=O) groups is 3. The van der Waals surface area contributed by atoms with Gasteiger partial charge in [-0.3, -0.25) is 19.3 Å². The number of benzene rings is 2. The Bertz CT molecular complexity index is 1010. The molecular formula is C24H27F2N3O4. The maximum Gasteiger partial charge on any atom is 0.263 e. The Balaban J connectivity index is 1.95. The molecule has 0 radical (unpaired) electrons. The summed E-state index contributed by atoms with van der Waals surface area (Å²) in [4.78, 5) is 41.7. The van der Waals surface area contributed by atoms with Crippen LogP contribution in [0, 0.1) is 11.6 Å². The molecule has 1 aliphatic rings. The van der Waals surface area contributed by atoms with Crippen molar-refractivity contribution in [1.29, 1.82) is 0 Å². The molecule has 2 aromatic rings. The lowest BCUT2D eigenvalue weighted by molar-refractivity contribution is -0.160. The van der Waals surface area contributed by atoms with Gasteiger partial charge in [0.15, 0.2) is 6.10 Å². The van der Waals surface area contributed by atoms with E-state index in [0.717, 1.165) is 17.7 Å². The normalized spacial score (nSPS) is 20.7. The largest absolute Gasteiger partial charge is 0.378 e. The molecule has 3 rings (SSSR count). The zero-order chi connectivity index (χ0) is 24.3. The second kappa shape index (κ2) is 10.2. The van der Waals surface area contributed by atoms with Gasteiger partial charge in [-0.15, -0.1) is 0 Å². The molecule has 1 fully saturated rings. The smallest absolute Gasteiger partial charge is 0.263 e. The lowest BCUT2D eigenvalue weighted by Crippen LogP contribution is -2.56. The van der Waals surface area contributed by atoms with Gasteiger partial charge in [-0.1, -0.05) is 30.3 Å². The number of hydrogen-bond donors (Lipinski definition) is 2. The number of carbonyl (C=O) groups excluding carboxylic acids is 3. The molecule has 3 amide bonds. The summed E-state index contributed by atoms with van der Waals surface area (Å²) in [6.07, 6.45) is -0.763. The van der Waals surface area contributed by atoms with Crippen LogP contribution in [0.3, 0.4) is 0 Å². The first-order chi connectivity index (χ1) is 15.6. The van der Waals surface area contributed by atoms with E-state index in [1.54, 1.807) is 7.05 Å². The number of rotatable bonds is 5. The van der Waals surface area contributed by atoms with Gasteiger partial charge in [-0.05, 0) is 49.4 Å². The molecule has 7 nitrogen and oxygen atoms in total. The van der Waals surface area contributed by atoms with Crippen LogP contribution in [0.1, 0.15) is 49.5 Å². The second-order valence-electron chi connectivity index (χ2n) is 8.26. The van der Waals surface area contributed by atoms with Crippen LogP contribution in [-0.4, -0.2) is 51.8 Å². The third-order valence-electron chi connectivity index (χ3n) is 5.85. The predicted octanol–water partition coefficient (Wildman–Crippen LogP) is 2.45. The summed E-state index contributed by atoms with van der Waals surface area (Å²) in [5, 5.41) is 10.6. The van der Waals surface area contributed by atoms with Gasteiger partial charge in [0, 0.05) is 13.1 Å². The fourth-order valence-electron chi connectivity index (χ4n) is 4.16. The molecule has 0 aromatic heterocycles. The van der Waals surface area contributed by atoms with Crippen molar-refractivity contribution in [2.75, 3.05) is 7.05 Å². The number of imide groups is 1. The number of aliphatic hydroxyl groups excluding tert-OH is 1. The molecule has 0 saturated carbocycles. The molecule has 0 bridgehead atoms. The molecule has 9 heteroatoms. The highest BCUT2D eigenvalue weighted by molar-refractivity contribution is 6.03. The van der Waals surface area contributed by atoms with Crippen LogP contribution in [0.2, 0.25) is 0 Å². The molecule has 4 atom stereocenters. The van der Waals surface area contributed by atoms with Crippen LogP contribution in [-0.2, 0) is 14.4 Å². The number of likely N-dealkylation sites (tertiary alicyclic amines) is 1. The van der Waals surface area contributed by atoms with Crippen LogP contribution >= 0.6 is 0 Å². The van der Waals surface area contributed by atoms with Crippen LogP contribution < -0.4 is 5.73 Å². The lowest BCUT2D eigenvalue weighted by Gasteiger charge is -2.34. The summed E-state index contributed by atoms with van der Waals surface area (Å²) in [5.41, 5.74) is 6.29. The predicted molar refractivity (Wildman–Crippen MR) is 116 cm³/mol. The van der Waals surface area contributed by atoms with Crippen LogP contribution in [0.25, 0.3) is 0 Å². The summed E-state index contributed by atoms with van der Waals surface area (Å²) in [6, 6.07) is 8.97. The number of hydrogen-bond acceptors (Lipinski definition) is 5. The zero-order valence-electron chi connectivity index (χ0n) is 18.4. The van der Waals surface area contributed by atoms with Crippen molar-refractivity contribution in [2.45, 2.75) is 50.4 Å². The average Bonchev–Trinajstić information content (AvgIpc) is 2.92. The molecule has 1 heterocycles. The van der Waals surface area contributed by atoms with Gasteiger partial charge in [-0.2, -0.15) is 0 Å². The van der Waals surface area contributed by atoms with Gasteiger partial charge in [0.2, 0.25) is 11.8 Å². The van der Waals surface area contributed by atoms with Gasteiger partial charge < -0.3 is 15.7 Å². The Hall–Kier alpha value is -3.17. The summed E-state index contributed by atoms with van der Waals surface area (Å²) >= 11 is 0. The van der Waals surface area contributed by atoms with E-state index in [1.807, 2.05) is 30.3 Å². The molecule has 2 aromatic carbocycles. The van der Waals surface area contributed by atoms with Crippen molar-refractivity contribution in [3.8, 4) is 0 Å². The topological polar surface area (TPSA) is 104 Å². The maximum absolute atomic E-state index is 13.6. The van der Waals surface area contributed by atoms with E-state index in [2.05, 4.69) is 0 Å². The Kier molecular flexibility index (Phi) is 7.55. The zero-order valence-corrected chi connectivity index (χ0v) is 18.4. The van der Waals surface area contributed by atoms with E-state index in [-0.39, 0.29) is 18.0 Å². The Labute approximate surface area is 190 Å². The summed E-state index contributed by atoms with van der Waals surface area (Å²) in [7, 11) is 1.59. The molecule has 3 N–H and O–H groups in total. The van der Waals surface area contributed by atoms with Crippen molar-refractivity contribution in [2.24, 2.45) is 5.73 Å². The van der Waals surface area contributed by atoms with Crippen molar-refractivity contribution >= 4 is 17.7 Å². The standard InChI is InChI=1S/C24H27F2N3O4/c1-14(27)22(31)29(24(33)21(30)16-11-17(25)13-18(26)12-16)20-10-6-9-19(28(2)23(20)32)15-7-4-3-5-8-15/h3-5,7-8,11-14,19-21,30H,6,9-10,27H2,1-2H3/t14-,19-,20-,21-/m0/s1. The van der Waals surface area contributed by atoms with Crippen molar-refractivity contribution < 1.29 is 28.3 Å². The minimum absolute atomic E-state index is 0.168. The lowest BCUT2D eigenvalue weighted by atomic mass is 10.0. The number of likely N-dealkylation sites (N-methyl/N-ethyl adjacent to an activating group) is 1. The number of nitrogens with zero attached hydrogens (tertiary/aromatic N) is 2. The van der Waals surface area contributed by atoms with Gasteiger partial charge in [0.25, 0.3) is 5.91 Å². The highest BCUT2D eigenvalue weighted by Gasteiger charge is 2.42. The molecule has 0 spiro atoms. The third-order valence-corrected chi connectivity index (χ3v) is 5.85. The summed E-state index contributed by atoms with van der Waals surface area (Å²) < 4.78 is 27.3. The number of nitrogens with two attached hydrogens (primary N) is 1. The highest BCUT2D eigenvalue weighted by atomic mass is 19.1. The maximum atomic E-state index is 13.6. The fourth-order valence-corrected chi connectivity index (χ4v) is 4.16. The molecular weight excluding hydrogens is 432 g/mol. The third kappa shape index (κ3) is 5.26. The van der Waals surface area contributed by atoms with E-state index < -0.39 is 47.5 Å².